The van der Waals surface area contributed by atoms with Crippen molar-refractivity contribution in [2.24, 2.45) is 0 Å². The normalized spacial score (nSPS) is 10.6. The lowest BCUT2D eigenvalue weighted by atomic mass is 10.1. The molecule has 0 saturated heterocycles. The number of hydrogen-bond donors (Lipinski definition) is 1. The highest BCUT2D eigenvalue weighted by Crippen LogP contribution is 2.29. The van der Waals surface area contributed by atoms with Gasteiger partial charge in [-0.3, -0.25) is 19.6 Å². The Balaban J connectivity index is 1.82. The molecule has 3 rings (SSSR count). The van der Waals surface area contributed by atoms with E-state index < -0.39 is 10.8 Å². The molecule has 0 unspecified atom stereocenters. The van der Waals surface area contributed by atoms with Crippen LogP contribution in [0.5, 0.6) is 5.75 Å². The summed E-state index contributed by atoms with van der Waals surface area (Å²) in [4.78, 5) is 23.0. The molecule has 0 fully saturated rings. The van der Waals surface area contributed by atoms with Gasteiger partial charge < -0.3 is 10.1 Å². The van der Waals surface area contributed by atoms with Gasteiger partial charge in [0.15, 0.2) is 11.6 Å². The van der Waals surface area contributed by atoms with Crippen molar-refractivity contribution in [2.45, 2.75) is 6.54 Å². The molecule has 29 heavy (non-hydrogen) atoms. The average molecular weight is 456 g/mol. The van der Waals surface area contributed by atoms with Crippen molar-refractivity contribution in [3.8, 4) is 5.75 Å². The van der Waals surface area contributed by atoms with Gasteiger partial charge in [0.2, 0.25) is 0 Å². The van der Waals surface area contributed by atoms with Crippen LogP contribution in [0.2, 0.25) is 15.1 Å². The summed E-state index contributed by atoms with van der Waals surface area (Å²) < 4.78 is 6.40. The first-order valence-corrected chi connectivity index (χ1v) is 9.23. The van der Waals surface area contributed by atoms with Crippen LogP contribution in [-0.2, 0) is 6.54 Å². The van der Waals surface area contributed by atoms with Crippen LogP contribution in [0.3, 0.4) is 0 Å². The maximum absolute atomic E-state index is 12.5. The Labute approximate surface area is 180 Å². The van der Waals surface area contributed by atoms with Crippen LogP contribution in [0, 0.1) is 10.1 Å². The zero-order chi connectivity index (χ0) is 21.1. The van der Waals surface area contributed by atoms with Crippen LogP contribution in [0.1, 0.15) is 15.9 Å². The molecule has 0 bridgehead atoms. The number of nitro benzene ring substituents is 1. The molecule has 2 aromatic carbocycles. The first-order valence-electron chi connectivity index (χ1n) is 8.09. The molecule has 0 aliphatic carbocycles. The highest BCUT2D eigenvalue weighted by molar-refractivity contribution is 6.36. The van der Waals surface area contributed by atoms with Gasteiger partial charge in [-0.05, 0) is 24.3 Å². The van der Waals surface area contributed by atoms with E-state index in [0.29, 0.717) is 15.6 Å². The zero-order valence-electron chi connectivity index (χ0n) is 14.9. The van der Waals surface area contributed by atoms with Crippen molar-refractivity contribution in [3.63, 3.8) is 0 Å². The van der Waals surface area contributed by atoms with E-state index in [9.17, 15) is 14.9 Å². The molecule has 0 atom stereocenters. The number of nitrogens with zero attached hydrogens (tertiary/aromatic N) is 3. The summed E-state index contributed by atoms with van der Waals surface area (Å²) in [6.45, 7) is 0.238. The van der Waals surface area contributed by atoms with Gasteiger partial charge in [-0.15, -0.1) is 0 Å². The minimum Gasteiger partial charge on any atom is -0.490 e. The van der Waals surface area contributed by atoms with Gasteiger partial charge >= 0.3 is 5.69 Å². The van der Waals surface area contributed by atoms with E-state index in [2.05, 4.69) is 10.4 Å². The second-order valence-corrected chi connectivity index (χ2v) is 7.04. The Morgan fingerprint density at radius 3 is 2.52 bits per heavy atom. The molecule has 8 nitrogen and oxygen atoms in total. The number of aromatic nitrogens is 2. The lowest BCUT2D eigenvalue weighted by molar-refractivity contribution is -0.385. The van der Waals surface area contributed by atoms with Crippen LogP contribution in [0.15, 0.2) is 42.6 Å². The molecule has 0 radical (unpaired) electrons. The highest BCUT2D eigenvalue weighted by atomic mass is 35.5. The fourth-order valence-electron chi connectivity index (χ4n) is 2.56. The molecule has 1 amide bonds. The monoisotopic (exact) mass is 454 g/mol. The number of nitrogens with one attached hydrogen (secondary N) is 1. The minimum absolute atomic E-state index is 0.0467. The van der Waals surface area contributed by atoms with Crippen LogP contribution < -0.4 is 10.1 Å². The number of ether oxygens (including phenoxy) is 1. The molecule has 3 aromatic rings. The fraction of sp³-hybridized carbons (Fsp3) is 0.111. The molecule has 0 aliphatic heterocycles. The predicted molar refractivity (Wildman–Crippen MR) is 110 cm³/mol. The lowest BCUT2D eigenvalue weighted by Gasteiger charge is -2.07. The third-order valence-corrected chi connectivity index (χ3v) is 4.95. The van der Waals surface area contributed by atoms with Crippen molar-refractivity contribution in [1.29, 1.82) is 0 Å². The fourth-order valence-corrected chi connectivity index (χ4v) is 3.28. The Bertz CT molecular complexity index is 1080. The lowest BCUT2D eigenvalue weighted by Crippen LogP contribution is -2.13. The highest BCUT2D eigenvalue weighted by Gasteiger charge is 2.20. The second kappa shape index (κ2) is 8.69. The summed E-state index contributed by atoms with van der Waals surface area (Å²) in [5.41, 5.74) is 0.376. The van der Waals surface area contributed by atoms with Crippen molar-refractivity contribution in [1.82, 2.24) is 9.78 Å². The van der Waals surface area contributed by atoms with Gasteiger partial charge in [-0.25, -0.2) is 0 Å². The Kier molecular flexibility index (Phi) is 6.26. The second-order valence-electron chi connectivity index (χ2n) is 5.82. The molecule has 0 aliphatic rings. The van der Waals surface area contributed by atoms with Crippen molar-refractivity contribution < 1.29 is 14.5 Å². The summed E-state index contributed by atoms with van der Waals surface area (Å²) in [6.07, 6.45) is 1.51. The van der Waals surface area contributed by atoms with Crippen LogP contribution in [-0.4, -0.2) is 27.7 Å². The predicted octanol–water partition coefficient (Wildman–Crippen LogP) is 5.06. The number of methoxy groups -OCH3 is 1. The smallest absolute Gasteiger partial charge is 0.311 e. The first kappa shape index (κ1) is 20.9. The molecular formula is C18H13Cl3N4O4. The van der Waals surface area contributed by atoms with E-state index in [-0.39, 0.29) is 34.4 Å². The van der Waals surface area contributed by atoms with Gasteiger partial charge in [0.05, 0.1) is 18.6 Å². The molecule has 0 spiro atoms. The average Bonchev–Trinajstić information content (AvgIpc) is 3.03. The largest absolute Gasteiger partial charge is 0.490 e. The SMILES string of the molecule is COc1ccc(C(=O)Nc2nn(Cc3c(Cl)cccc3Cl)cc2Cl)cc1[N+](=O)[O-]. The van der Waals surface area contributed by atoms with E-state index in [1.54, 1.807) is 18.2 Å². The van der Waals surface area contributed by atoms with Crippen molar-refractivity contribution in [3.05, 3.63) is 78.9 Å². The van der Waals surface area contributed by atoms with E-state index >= 15 is 0 Å². The zero-order valence-corrected chi connectivity index (χ0v) is 17.1. The number of benzene rings is 2. The maximum atomic E-state index is 12.5. The van der Waals surface area contributed by atoms with Gasteiger partial charge in [0.25, 0.3) is 5.91 Å². The molecular weight excluding hydrogens is 443 g/mol. The summed E-state index contributed by atoms with van der Waals surface area (Å²) in [5.74, 6) is -0.470. The van der Waals surface area contributed by atoms with E-state index in [4.69, 9.17) is 39.5 Å². The molecule has 11 heteroatoms. The Hall–Kier alpha value is -2.81. The molecule has 1 aromatic heterocycles. The number of carbonyl (C=O) groups excluding carboxylic acids is 1. The Morgan fingerprint density at radius 2 is 1.90 bits per heavy atom. The molecule has 150 valence electrons. The number of nitro groups is 1. The maximum Gasteiger partial charge on any atom is 0.311 e. The number of carbonyl (C=O) groups is 1. The summed E-state index contributed by atoms with van der Waals surface area (Å²) in [5, 5.41) is 19.0. The van der Waals surface area contributed by atoms with Crippen LogP contribution in [0.25, 0.3) is 0 Å². The first-order chi connectivity index (χ1) is 13.8. The number of amides is 1. The molecule has 1 N–H and O–H groups in total. The van der Waals surface area contributed by atoms with Crippen LogP contribution in [0.4, 0.5) is 11.5 Å². The quantitative estimate of drug-likeness (QED) is 0.414. The van der Waals surface area contributed by atoms with Gasteiger partial charge in [0, 0.05) is 33.4 Å². The number of halogens is 3. The summed E-state index contributed by atoms with van der Waals surface area (Å²) in [6, 6.07) is 8.98. The van der Waals surface area contributed by atoms with Gasteiger partial charge in [0.1, 0.15) is 5.02 Å². The summed E-state index contributed by atoms with van der Waals surface area (Å²) >= 11 is 18.5. The third-order valence-electron chi connectivity index (χ3n) is 3.97. The minimum atomic E-state index is -0.634. The van der Waals surface area contributed by atoms with E-state index in [0.717, 1.165) is 6.07 Å². The topological polar surface area (TPSA) is 99.3 Å². The van der Waals surface area contributed by atoms with Crippen molar-refractivity contribution >= 4 is 52.2 Å². The van der Waals surface area contributed by atoms with E-state index in [1.165, 1.54) is 30.1 Å². The Morgan fingerprint density at radius 1 is 1.21 bits per heavy atom. The number of anilines is 1. The van der Waals surface area contributed by atoms with Crippen LogP contribution >= 0.6 is 34.8 Å². The summed E-state index contributed by atoms with van der Waals surface area (Å²) in [7, 11) is 1.31. The molecule has 1 heterocycles. The number of rotatable bonds is 6. The van der Waals surface area contributed by atoms with Gasteiger partial charge in [-0.1, -0.05) is 40.9 Å². The number of hydrogen-bond acceptors (Lipinski definition) is 5. The molecule has 0 saturated carbocycles. The van der Waals surface area contributed by atoms with E-state index in [1.807, 2.05) is 0 Å². The third kappa shape index (κ3) is 4.61. The standard InChI is InChI=1S/C18H13Cl3N4O4/c1-29-16-6-5-10(7-15(16)25(27)28)18(26)22-17-14(21)9-24(23-17)8-11-12(19)3-2-4-13(11)20/h2-7,9H,8H2,1H3,(H,22,23,26). The van der Waals surface area contributed by atoms with Crippen molar-refractivity contribution in [2.75, 3.05) is 12.4 Å². The van der Waals surface area contributed by atoms with Gasteiger partial charge in [-0.2, -0.15) is 5.10 Å².